The molecule has 0 aromatic heterocycles. The van der Waals surface area contributed by atoms with Crippen LogP contribution in [0.25, 0.3) is 0 Å². The summed E-state index contributed by atoms with van der Waals surface area (Å²) in [7, 11) is 1.58. The number of nitrogens with one attached hydrogen (secondary N) is 2. The van der Waals surface area contributed by atoms with Crippen LogP contribution in [0.5, 0.6) is 0 Å². The van der Waals surface area contributed by atoms with E-state index in [-0.39, 0.29) is 18.2 Å². The maximum Gasteiger partial charge on any atom is 0.303 e. The highest BCUT2D eigenvalue weighted by molar-refractivity contribution is 5.94. The van der Waals surface area contributed by atoms with E-state index in [1.807, 2.05) is 6.07 Å². The van der Waals surface area contributed by atoms with E-state index >= 15 is 0 Å². The van der Waals surface area contributed by atoms with E-state index in [4.69, 9.17) is 5.11 Å². The van der Waals surface area contributed by atoms with Crippen LogP contribution in [0.2, 0.25) is 0 Å². The second-order valence-electron chi connectivity index (χ2n) is 4.98. The zero-order valence-corrected chi connectivity index (χ0v) is 12.7. The molecule has 120 valence electrons. The third kappa shape index (κ3) is 6.88. The Hall–Kier alpha value is -2.37. The summed E-state index contributed by atoms with van der Waals surface area (Å²) in [4.78, 5) is 33.5. The van der Waals surface area contributed by atoms with Gasteiger partial charge in [0, 0.05) is 32.0 Å². The van der Waals surface area contributed by atoms with Crippen molar-refractivity contribution in [3.05, 3.63) is 35.4 Å². The van der Waals surface area contributed by atoms with Gasteiger partial charge in [-0.05, 0) is 37.0 Å². The molecule has 6 nitrogen and oxygen atoms in total. The first kappa shape index (κ1) is 17.7. The lowest BCUT2D eigenvalue weighted by Crippen LogP contribution is -2.24. The summed E-state index contributed by atoms with van der Waals surface area (Å²) in [5.41, 5.74) is 1.51. The molecule has 22 heavy (non-hydrogen) atoms. The molecular weight excluding hydrogens is 284 g/mol. The molecule has 0 heterocycles. The predicted octanol–water partition coefficient (Wildman–Crippen LogP) is 1.35. The summed E-state index contributed by atoms with van der Waals surface area (Å²) >= 11 is 0. The highest BCUT2D eigenvalue weighted by Gasteiger charge is 2.06. The van der Waals surface area contributed by atoms with Gasteiger partial charge in [0.1, 0.15) is 0 Å². The molecule has 0 aliphatic carbocycles. The number of aryl methyl sites for hydroxylation is 1. The summed E-state index contributed by atoms with van der Waals surface area (Å²) in [6.45, 7) is 0.490. The number of carbonyl (C=O) groups is 3. The van der Waals surface area contributed by atoms with Gasteiger partial charge in [-0.15, -0.1) is 0 Å². The molecule has 1 aromatic carbocycles. The molecule has 0 aliphatic rings. The first-order valence-electron chi connectivity index (χ1n) is 7.32. The molecule has 0 saturated heterocycles. The average Bonchev–Trinajstić information content (AvgIpc) is 2.51. The van der Waals surface area contributed by atoms with Gasteiger partial charge >= 0.3 is 5.97 Å². The Morgan fingerprint density at radius 2 is 1.91 bits per heavy atom. The van der Waals surface area contributed by atoms with Crippen LogP contribution in [0.1, 0.15) is 41.6 Å². The molecule has 3 N–H and O–H groups in total. The number of carboxylic acid groups (broad SMARTS) is 1. The molecule has 1 aromatic rings. The van der Waals surface area contributed by atoms with Crippen molar-refractivity contribution in [1.29, 1.82) is 0 Å². The van der Waals surface area contributed by atoms with Gasteiger partial charge in [-0.3, -0.25) is 14.4 Å². The van der Waals surface area contributed by atoms with Crippen LogP contribution in [-0.4, -0.2) is 36.5 Å². The van der Waals surface area contributed by atoms with Crippen LogP contribution >= 0.6 is 0 Å². The van der Waals surface area contributed by atoms with Crippen molar-refractivity contribution in [3.63, 3.8) is 0 Å². The summed E-state index contributed by atoms with van der Waals surface area (Å²) in [5.74, 6) is -1.03. The van der Waals surface area contributed by atoms with Crippen LogP contribution < -0.4 is 10.6 Å². The minimum absolute atomic E-state index is 0.0688. The first-order chi connectivity index (χ1) is 10.5. The molecule has 0 spiro atoms. The van der Waals surface area contributed by atoms with Gasteiger partial charge < -0.3 is 15.7 Å². The number of hydrogen-bond donors (Lipinski definition) is 3. The fraction of sp³-hybridized carbons (Fsp3) is 0.438. The van der Waals surface area contributed by atoms with E-state index in [0.717, 1.165) is 5.56 Å². The maximum absolute atomic E-state index is 11.7. The van der Waals surface area contributed by atoms with Gasteiger partial charge in [-0.25, -0.2) is 0 Å². The summed E-state index contributed by atoms with van der Waals surface area (Å²) < 4.78 is 0. The van der Waals surface area contributed by atoms with Gasteiger partial charge in [0.05, 0.1) is 0 Å². The van der Waals surface area contributed by atoms with E-state index in [9.17, 15) is 14.4 Å². The van der Waals surface area contributed by atoms with Crippen LogP contribution in [0, 0.1) is 0 Å². The third-order valence-electron chi connectivity index (χ3n) is 3.20. The summed E-state index contributed by atoms with van der Waals surface area (Å²) in [6.07, 6.45) is 2.25. The minimum Gasteiger partial charge on any atom is -0.481 e. The van der Waals surface area contributed by atoms with Crippen LogP contribution in [-0.2, 0) is 16.0 Å². The van der Waals surface area contributed by atoms with Crippen molar-refractivity contribution in [2.45, 2.75) is 32.1 Å². The van der Waals surface area contributed by atoms with Crippen molar-refractivity contribution < 1.29 is 19.5 Å². The lowest BCUT2D eigenvalue weighted by atomic mass is 10.1. The van der Waals surface area contributed by atoms with Crippen molar-refractivity contribution >= 4 is 17.8 Å². The van der Waals surface area contributed by atoms with Crippen LogP contribution in [0.4, 0.5) is 0 Å². The van der Waals surface area contributed by atoms with Gasteiger partial charge in [-0.1, -0.05) is 12.1 Å². The topological polar surface area (TPSA) is 95.5 Å². The number of carboxylic acids is 1. The highest BCUT2D eigenvalue weighted by atomic mass is 16.4. The molecule has 0 unspecified atom stereocenters. The predicted molar refractivity (Wildman–Crippen MR) is 82.6 cm³/mol. The standard InChI is InChI=1S/C16H22N2O4/c1-17-16(22)13-6-4-5-12(11-13)8-9-14(19)18-10-3-2-7-15(20)21/h4-6,11H,2-3,7-10H2,1H3,(H,17,22)(H,18,19)(H,20,21). The monoisotopic (exact) mass is 306 g/mol. The number of amides is 2. The molecule has 2 amide bonds. The molecule has 0 atom stereocenters. The number of rotatable bonds is 9. The van der Waals surface area contributed by atoms with E-state index in [1.54, 1.807) is 25.2 Å². The fourth-order valence-corrected chi connectivity index (χ4v) is 1.99. The van der Waals surface area contributed by atoms with Gasteiger partial charge in [0.2, 0.25) is 5.91 Å². The lowest BCUT2D eigenvalue weighted by Gasteiger charge is -2.06. The Morgan fingerprint density at radius 1 is 1.14 bits per heavy atom. The largest absolute Gasteiger partial charge is 0.481 e. The summed E-state index contributed by atoms with van der Waals surface area (Å²) in [6, 6.07) is 7.18. The molecule has 0 saturated carbocycles. The van der Waals surface area contributed by atoms with Crippen molar-refractivity contribution in [2.75, 3.05) is 13.6 Å². The molecule has 0 aliphatic heterocycles. The van der Waals surface area contributed by atoms with Crippen molar-refractivity contribution in [3.8, 4) is 0 Å². The normalized spacial score (nSPS) is 10.0. The van der Waals surface area contributed by atoms with Gasteiger partial charge in [0.15, 0.2) is 0 Å². The first-order valence-corrected chi connectivity index (χ1v) is 7.32. The summed E-state index contributed by atoms with van der Waals surface area (Å²) in [5, 5.41) is 13.8. The fourth-order valence-electron chi connectivity index (χ4n) is 1.99. The highest BCUT2D eigenvalue weighted by Crippen LogP contribution is 2.07. The second-order valence-corrected chi connectivity index (χ2v) is 4.98. The van der Waals surface area contributed by atoms with E-state index in [2.05, 4.69) is 10.6 Å². The maximum atomic E-state index is 11.7. The molecule has 0 fully saturated rings. The van der Waals surface area contributed by atoms with Crippen molar-refractivity contribution in [2.24, 2.45) is 0 Å². The van der Waals surface area contributed by atoms with Crippen LogP contribution in [0.15, 0.2) is 24.3 Å². The van der Waals surface area contributed by atoms with Gasteiger partial charge in [0.25, 0.3) is 5.91 Å². The number of benzene rings is 1. The van der Waals surface area contributed by atoms with E-state index in [0.29, 0.717) is 37.8 Å². The minimum atomic E-state index is -0.817. The Kier molecular flexibility index (Phi) is 7.67. The third-order valence-corrected chi connectivity index (χ3v) is 3.20. The van der Waals surface area contributed by atoms with E-state index < -0.39 is 5.97 Å². The lowest BCUT2D eigenvalue weighted by molar-refractivity contribution is -0.137. The Morgan fingerprint density at radius 3 is 2.59 bits per heavy atom. The Balaban J connectivity index is 2.29. The average molecular weight is 306 g/mol. The number of hydrogen-bond acceptors (Lipinski definition) is 3. The van der Waals surface area contributed by atoms with Gasteiger partial charge in [-0.2, -0.15) is 0 Å². The molecule has 1 rings (SSSR count). The molecule has 0 bridgehead atoms. The second kappa shape index (κ2) is 9.55. The van der Waals surface area contributed by atoms with Crippen LogP contribution in [0.3, 0.4) is 0 Å². The zero-order valence-electron chi connectivity index (χ0n) is 12.7. The molecule has 0 radical (unpaired) electrons. The number of aliphatic carboxylic acids is 1. The zero-order chi connectivity index (χ0) is 16.4. The van der Waals surface area contributed by atoms with Crippen molar-refractivity contribution in [1.82, 2.24) is 10.6 Å². The SMILES string of the molecule is CNC(=O)c1cccc(CCC(=O)NCCCCC(=O)O)c1. The number of unbranched alkanes of at least 4 members (excludes halogenated alkanes) is 1. The van der Waals surface area contributed by atoms with E-state index in [1.165, 1.54) is 0 Å². The quantitative estimate of drug-likeness (QED) is 0.600. The smallest absolute Gasteiger partial charge is 0.303 e. The Bertz CT molecular complexity index is 529. The molecule has 6 heteroatoms. The molecular formula is C16H22N2O4. The number of carbonyl (C=O) groups excluding carboxylic acids is 2. The Labute approximate surface area is 129 Å².